The molecular formula is C16H24N2O2S. The number of carbonyl (C=O) groups is 1. The minimum atomic E-state index is 0.0437. The number of aryl methyl sites for hydroxylation is 1. The second kappa shape index (κ2) is 6.79. The van der Waals surface area contributed by atoms with E-state index in [-0.39, 0.29) is 12.6 Å². The van der Waals surface area contributed by atoms with Gasteiger partial charge in [-0.1, -0.05) is 0 Å². The maximum Gasteiger partial charge on any atom is 0.317 e. The van der Waals surface area contributed by atoms with Crippen LogP contribution in [-0.4, -0.2) is 35.7 Å². The maximum atomic E-state index is 12.2. The molecule has 1 aliphatic carbocycles. The van der Waals surface area contributed by atoms with Gasteiger partial charge in [-0.25, -0.2) is 4.79 Å². The highest BCUT2D eigenvalue weighted by molar-refractivity contribution is 7.10. The summed E-state index contributed by atoms with van der Waals surface area (Å²) in [6.45, 7) is 2.43. The van der Waals surface area contributed by atoms with Crippen molar-refractivity contribution < 1.29 is 9.90 Å². The Morgan fingerprint density at radius 1 is 1.33 bits per heavy atom. The van der Waals surface area contributed by atoms with Gasteiger partial charge in [0.2, 0.25) is 0 Å². The first-order chi connectivity index (χ1) is 10.3. The average molecular weight is 308 g/mol. The van der Waals surface area contributed by atoms with E-state index in [1.807, 2.05) is 16.2 Å². The van der Waals surface area contributed by atoms with E-state index in [0.29, 0.717) is 12.5 Å². The topological polar surface area (TPSA) is 52.6 Å². The Balaban J connectivity index is 1.51. The van der Waals surface area contributed by atoms with E-state index in [4.69, 9.17) is 5.11 Å². The standard InChI is InChI=1S/C16H24N2O2S/c19-10-12-5-7-18(8-6-12)16(20)17-9-13-11-21-15-4-2-1-3-14(13)15/h11-12,19H,1-10H2,(H,17,20). The fourth-order valence-electron chi connectivity index (χ4n) is 3.31. The number of fused-ring (bicyclic) bond motifs is 1. The third kappa shape index (κ3) is 3.40. The predicted octanol–water partition coefficient (Wildman–Crippen LogP) is 2.54. The van der Waals surface area contributed by atoms with Gasteiger partial charge in [0.1, 0.15) is 0 Å². The third-order valence-electron chi connectivity index (χ3n) is 4.74. The summed E-state index contributed by atoms with van der Waals surface area (Å²) in [6, 6.07) is 0.0437. The summed E-state index contributed by atoms with van der Waals surface area (Å²) in [5.74, 6) is 0.373. The number of nitrogens with one attached hydrogen (secondary N) is 1. The van der Waals surface area contributed by atoms with E-state index in [1.165, 1.54) is 41.7 Å². The van der Waals surface area contributed by atoms with Gasteiger partial charge in [-0.3, -0.25) is 0 Å². The first kappa shape index (κ1) is 14.9. The number of likely N-dealkylation sites (tertiary alicyclic amines) is 1. The minimum Gasteiger partial charge on any atom is -0.396 e. The lowest BCUT2D eigenvalue weighted by Crippen LogP contribution is -2.44. The van der Waals surface area contributed by atoms with Crippen LogP contribution in [0, 0.1) is 5.92 Å². The molecule has 21 heavy (non-hydrogen) atoms. The van der Waals surface area contributed by atoms with Crippen LogP contribution < -0.4 is 5.32 Å². The van der Waals surface area contributed by atoms with Crippen molar-refractivity contribution >= 4 is 17.4 Å². The van der Waals surface area contributed by atoms with Gasteiger partial charge < -0.3 is 15.3 Å². The number of aliphatic hydroxyl groups is 1. The van der Waals surface area contributed by atoms with Crippen LogP contribution in [0.25, 0.3) is 0 Å². The molecule has 1 aromatic rings. The van der Waals surface area contributed by atoms with Crippen LogP contribution in [0.1, 0.15) is 41.7 Å². The zero-order valence-corrected chi connectivity index (χ0v) is 13.3. The molecule has 0 saturated carbocycles. The molecular weight excluding hydrogens is 284 g/mol. The summed E-state index contributed by atoms with van der Waals surface area (Å²) in [5, 5.41) is 14.4. The Labute approximate surface area is 130 Å². The molecule has 4 nitrogen and oxygen atoms in total. The summed E-state index contributed by atoms with van der Waals surface area (Å²) in [7, 11) is 0. The number of hydrogen-bond acceptors (Lipinski definition) is 3. The Bertz CT molecular complexity index is 492. The smallest absolute Gasteiger partial charge is 0.317 e. The van der Waals surface area contributed by atoms with Crippen LogP contribution in [0.2, 0.25) is 0 Å². The highest BCUT2D eigenvalue weighted by Gasteiger charge is 2.22. The average Bonchev–Trinajstić information content (AvgIpc) is 2.96. The Morgan fingerprint density at radius 2 is 2.10 bits per heavy atom. The molecule has 2 N–H and O–H groups in total. The first-order valence-electron chi connectivity index (χ1n) is 7.99. The Hall–Kier alpha value is -1.07. The van der Waals surface area contributed by atoms with Gasteiger partial charge in [0.15, 0.2) is 0 Å². The van der Waals surface area contributed by atoms with Gasteiger partial charge in [0, 0.05) is 31.1 Å². The fourth-order valence-corrected chi connectivity index (χ4v) is 4.46. The highest BCUT2D eigenvalue weighted by atomic mass is 32.1. The van der Waals surface area contributed by atoms with Crippen LogP contribution >= 0.6 is 11.3 Å². The van der Waals surface area contributed by atoms with Gasteiger partial charge in [0.05, 0.1) is 0 Å². The Kier molecular flexibility index (Phi) is 4.80. The molecule has 1 aromatic heterocycles. The molecule has 2 heterocycles. The van der Waals surface area contributed by atoms with Crippen molar-refractivity contribution in [3.63, 3.8) is 0 Å². The number of piperidine rings is 1. The quantitative estimate of drug-likeness (QED) is 0.901. The fraction of sp³-hybridized carbons (Fsp3) is 0.688. The maximum absolute atomic E-state index is 12.2. The molecule has 1 fully saturated rings. The highest BCUT2D eigenvalue weighted by Crippen LogP contribution is 2.30. The van der Waals surface area contributed by atoms with Crippen molar-refractivity contribution in [2.24, 2.45) is 5.92 Å². The van der Waals surface area contributed by atoms with Gasteiger partial charge in [-0.15, -0.1) is 11.3 Å². The summed E-state index contributed by atoms with van der Waals surface area (Å²) in [5.41, 5.74) is 2.80. The first-order valence-corrected chi connectivity index (χ1v) is 8.87. The van der Waals surface area contributed by atoms with Gasteiger partial charge >= 0.3 is 6.03 Å². The largest absolute Gasteiger partial charge is 0.396 e. The molecule has 2 amide bonds. The number of aliphatic hydroxyl groups excluding tert-OH is 1. The molecule has 2 aliphatic rings. The monoisotopic (exact) mass is 308 g/mol. The van der Waals surface area contributed by atoms with Crippen LogP contribution in [0.15, 0.2) is 5.38 Å². The second-order valence-electron chi connectivity index (χ2n) is 6.14. The van der Waals surface area contributed by atoms with E-state index < -0.39 is 0 Å². The molecule has 1 aliphatic heterocycles. The van der Waals surface area contributed by atoms with Gasteiger partial charge in [-0.2, -0.15) is 0 Å². The van der Waals surface area contributed by atoms with Crippen LogP contribution in [0.4, 0.5) is 4.79 Å². The zero-order valence-electron chi connectivity index (χ0n) is 12.4. The molecule has 0 unspecified atom stereocenters. The number of carbonyl (C=O) groups excluding carboxylic acids is 1. The van der Waals surface area contributed by atoms with Crippen molar-refractivity contribution in [2.75, 3.05) is 19.7 Å². The van der Waals surface area contributed by atoms with Crippen molar-refractivity contribution in [1.82, 2.24) is 10.2 Å². The molecule has 0 radical (unpaired) electrons. The summed E-state index contributed by atoms with van der Waals surface area (Å²) in [6.07, 6.45) is 6.79. The summed E-state index contributed by atoms with van der Waals surface area (Å²) < 4.78 is 0. The van der Waals surface area contributed by atoms with Crippen LogP contribution in [0.3, 0.4) is 0 Å². The molecule has 0 atom stereocenters. The molecule has 0 aromatic carbocycles. The van der Waals surface area contributed by atoms with Crippen molar-refractivity contribution in [1.29, 1.82) is 0 Å². The number of nitrogens with zero attached hydrogens (tertiary/aromatic N) is 1. The lowest BCUT2D eigenvalue weighted by molar-refractivity contribution is 0.137. The molecule has 0 spiro atoms. The lowest BCUT2D eigenvalue weighted by Gasteiger charge is -2.31. The number of rotatable bonds is 3. The predicted molar refractivity (Wildman–Crippen MR) is 84.6 cm³/mol. The lowest BCUT2D eigenvalue weighted by atomic mass is 9.96. The molecule has 116 valence electrons. The van der Waals surface area contributed by atoms with E-state index in [2.05, 4.69) is 10.7 Å². The number of urea groups is 1. The second-order valence-corrected chi connectivity index (χ2v) is 7.11. The number of amides is 2. The van der Waals surface area contributed by atoms with Crippen LogP contribution in [-0.2, 0) is 19.4 Å². The summed E-state index contributed by atoms with van der Waals surface area (Å²) >= 11 is 1.85. The van der Waals surface area contributed by atoms with E-state index in [1.54, 1.807) is 0 Å². The van der Waals surface area contributed by atoms with Gasteiger partial charge in [-0.05, 0) is 60.9 Å². The van der Waals surface area contributed by atoms with Crippen molar-refractivity contribution in [2.45, 2.75) is 45.1 Å². The normalized spacial score (nSPS) is 19.4. The number of thiophene rings is 1. The van der Waals surface area contributed by atoms with Gasteiger partial charge in [0.25, 0.3) is 0 Å². The molecule has 3 rings (SSSR count). The van der Waals surface area contributed by atoms with Crippen molar-refractivity contribution in [3.05, 3.63) is 21.4 Å². The Morgan fingerprint density at radius 3 is 2.86 bits per heavy atom. The molecule has 0 bridgehead atoms. The minimum absolute atomic E-state index is 0.0437. The number of hydrogen-bond donors (Lipinski definition) is 2. The third-order valence-corrected chi connectivity index (χ3v) is 5.88. The van der Waals surface area contributed by atoms with E-state index in [0.717, 1.165) is 25.9 Å². The molecule has 1 saturated heterocycles. The van der Waals surface area contributed by atoms with E-state index >= 15 is 0 Å². The SMILES string of the molecule is O=C(NCc1csc2c1CCCC2)N1CCC(CO)CC1. The van der Waals surface area contributed by atoms with Crippen molar-refractivity contribution in [3.8, 4) is 0 Å². The zero-order chi connectivity index (χ0) is 14.7. The molecule has 5 heteroatoms. The summed E-state index contributed by atoms with van der Waals surface area (Å²) in [4.78, 5) is 15.6. The van der Waals surface area contributed by atoms with Crippen LogP contribution in [0.5, 0.6) is 0 Å². The van der Waals surface area contributed by atoms with E-state index in [9.17, 15) is 4.79 Å².